The number of hydrogen-bond donors (Lipinski definition) is 3. The third kappa shape index (κ3) is 5.47. The Bertz CT molecular complexity index is 736. The highest BCUT2D eigenvalue weighted by Crippen LogP contribution is 2.34. The maximum atomic E-state index is 13.0. The molecule has 0 heterocycles. The maximum Gasteiger partial charge on any atom is 0.416 e. The van der Waals surface area contributed by atoms with E-state index in [1.165, 1.54) is 13.2 Å². The lowest BCUT2D eigenvalue weighted by Gasteiger charge is -2.18. The van der Waals surface area contributed by atoms with E-state index in [9.17, 15) is 18.0 Å². The molecule has 8 heteroatoms. The summed E-state index contributed by atoms with van der Waals surface area (Å²) in [6.45, 7) is 0.344. The van der Waals surface area contributed by atoms with Crippen LogP contribution in [0.2, 0.25) is 0 Å². The molecule has 0 radical (unpaired) electrons. The van der Waals surface area contributed by atoms with Gasteiger partial charge in [-0.05, 0) is 23.8 Å². The number of halogens is 3. The van der Waals surface area contributed by atoms with Crippen molar-refractivity contribution >= 4 is 17.3 Å². The van der Waals surface area contributed by atoms with Crippen LogP contribution in [0.25, 0.3) is 0 Å². The second-order valence-corrected chi connectivity index (χ2v) is 5.65. The quantitative estimate of drug-likeness (QED) is 0.702. The number of nitrogens with two attached hydrogens (primary N) is 1. The van der Waals surface area contributed by atoms with Crippen LogP contribution in [0, 0.1) is 0 Å². The predicted molar refractivity (Wildman–Crippen MR) is 93.7 cm³/mol. The second kappa shape index (κ2) is 8.68. The van der Waals surface area contributed by atoms with Crippen LogP contribution in [0.5, 0.6) is 0 Å². The van der Waals surface area contributed by atoms with E-state index >= 15 is 0 Å². The molecule has 2 aromatic carbocycles. The van der Waals surface area contributed by atoms with Crippen molar-refractivity contribution in [1.82, 2.24) is 0 Å². The van der Waals surface area contributed by atoms with Crippen LogP contribution in [0.1, 0.15) is 11.1 Å². The van der Waals surface area contributed by atoms with Crippen molar-refractivity contribution in [3.05, 3.63) is 59.7 Å². The van der Waals surface area contributed by atoms with Gasteiger partial charge in [-0.1, -0.05) is 30.3 Å². The Morgan fingerprint density at radius 2 is 1.85 bits per heavy atom. The van der Waals surface area contributed by atoms with Gasteiger partial charge in [-0.25, -0.2) is 0 Å². The molecule has 0 saturated heterocycles. The number of rotatable bonds is 7. The highest BCUT2D eigenvalue weighted by molar-refractivity contribution is 5.97. The molecule has 4 N–H and O–H groups in total. The number of methoxy groups -OCH3 is 1. The van der Waals surface area contributed by atoms with Crippen LogP contribution in [-0.2, 0) is 22.3 Å². The summed E-state index contributed by atoms with van der Waals surface area (Å²) in [5, 5.41) is 5.47. The minimum absolute atomic E-state index is 0.00677. The minimum atomic E-state index is -4.52. The summed E-state index contributed by atoms with van der Waals surface area (Å²) in [6, 6.07) is 11.5. The van der Waals surface area contributed by atoms with E-state index in [4.69, 9.17) is 10.5 Å². The average molecular weight is 367 g/mol. The fourth-order valence-corrected chi connectivity index (χ4v) is 2.25. The summed E-state index contributed by atoms with van der Waals surface area (Å²) < 4.78 is 43.8. The molecule has 0 aliphatic rings. The molecule has 5 nitrogen and oxygen atoms in total. The first kappa shape index (κ1) is 19.7. The van der Waals surface area contributed by atoms with Gasteiger partial charge in [-0.3, -0.25) is 4.79 Å². The zero-order valence-corrected chi connectivity index (χ0v) is 14.1. The topological polar surface area (TPSA) is 76.4 Å². The van der Waals surface area contributed by atoms with Gasteiger partial charge in [0.1, 0.15) is 6.04 Å². The third-order valence-electron chi connectivity index (χ3n) is 3.61. The summed E-state index contributed by atoms with van der Waals surface area (Å²) in [6.07, 6.45) is -4.52. The Kier molecular flexibility index (Phi) is 6.59. The zero-order chi connectivity index (χ0) is 19.2. The molecule has 0 bridgehead atoms. The number of carbonyl (C=O) groups is 1. The standard InChI is InChI=1S/C18H20F3N3O2/c1-26-11-14(22)17(25)24-16-9-13(18(19,20)21)7-8-15(16)23-10-12-5-3-2-4-6-12/h2-9,14,23H,10-11,22H2,1H3,(H,24,25). The van der Waals surface area contributed by atoms with Crippen LogP contribution in [0.15, 0.2) is 48.5 Å². The third-order valence-corrected chi connectivity index (χ3v) is 3.61. The van der Waals surface area contributed by atoms with E-state index in [2.05, 4.69) is 10.6 Å². The number of nitrogens with one attached hydrogen (secondary N) is 2. The van der Waals surface area contributed by atoms with Crippen LogP contribution >= 0.6 is 0 Å². The van der Waals surface area contributed by atoms with Gasteiger partial charge in [0.05, 0.1) is 23.5 Å². The van der Waals surface area contributed by atoms with Crippen molar-refractivity contribution < 1.29 is 22.7 Å². The molecule has 0 aliphatic carbocycles. The van der Waals surface area contributed by atoms with E-state index in [1.807, 2.05) is 30.3 Å². The van der Waals surface area contributed by atoms with E-state index < -0.39 is 23.7 Å². The Hall–Kier alpha value is -2.58. The van der Waals surface area contributed by atoms with Crippen molar-refractivity contribution in [3.63, 3.8) is 0 Å². The summed E-state index contributed by atoms with van der Waals surface area (Å²) in [5.74, 6) is -0.631. The van der Waals surface area contributed by atoms with Crippen molar-refractivity contribution in [3.8, 4) is 0 Å². The van der Waals surface area contributed by atoms with Gasteiger partial charge >= 0.3 is 6.18 Å². The molecular formula is C18H20F3N3O2. The number of ether oxygens (including phenoxy) is 1. The molecule has 2 aromatic rings. The lowest BCUT2D eigenvalue weighted by Crippen LogP contribution is -2.39. The first-order valence-electron chi connectivity index (χ1n) is 7.85. The number of hydrogen-bond acceptors (Lipinski definition) is 4. The largest absolute Gasteiger partial charge is 0.416 e. The summed E-state index contributed by atoms with van der Waals surface area (Å²) in [4.78, 5) is 12.1. The SMILES string of the molecule is COCC(N)C(=O)Nc1cc(C(F)(F)F)ccc1NCc1ccccc1. The average Bonchev–Trinajstić information content (AvgIpc) is 2.60. The van der Waals surface area contributed by atoms with E-state index in [-0.39, 0.29) is 12.3 Å². The van der Waals surface area contributed by atoms with Gasteiger partial charge in [0.2, 0.25) is 5.91 Å². The Morgan fingerprint density at radius 1 is 1.15 bits per heavy atom. The summed E-state index contributed by atoms with van der Waals surface area (Å²) >= 11 is 0. The van der Waals surface area contributed by atoms with E-state index in [0.717, 1.165) is 17.7 Å². The smallest absolute Gasteiger partial charge is 0.383 e. The predicted octanol–water partition coefficient (Wildman–Crippen LogP) is 3.23. The Labute approximate surface area is 149 Å². The van der Waals surface area contributed by atoms with Crippen molar-refractivity contribution in [1.29, 1.82) is 0 Å². The van der Waals surface area contributed by atoms with Gasteiger partial charge in [-0.15, -0.1) is 0 Å². The fourth-order valence-electron chi connectivity index (χ4n) is 2.25. The molecular weight excluding hydrogens is 347 g/mol. The molecule has 0 fully saturated rings. The first-order valence-corrected chi connectivity index (χ1v) is 7.85. The van der Waals surface area contributed by atoms with E-state index in [0.29, 0.717) is 12.2 Å². The van der Waals surface area contributed by atoms with Crippen molar-refractivity contribution in [2.75, 3.05) is 24.4 Å². The molecule has 26 heavy (non-hydrogen) atoms. The number of amides is 1. The lowest BCUT2D eigenvalue weighted by molar-refractivity contribution is -0.137. The summed E-state index contributed by atoms with van der Waals surface area (Å²) in [7, 11) is 1.38. The first-order chi connectivity index (χ1) is 12.3. The number of alkyl halides is 3. The van der Waals surface area contributed by atoms with Crippen molar-refractivity contribution in [2.24, 2.45) is 5.73 Å². The van der Waals surface area contributed by atoms with Crippen LogP contribution in [0.4, 0.5) is 24.5 Å². The van der Waals surface area contributed by atoms with Gasteiger partial charge < -0.3 is 21.1 Å². The molecule has 1 atom stereocenters. The number of benzene rings is 2. The highest BCUT2D eigenvalue weighted by atomic mass is 19.4. The summed E-state index contributed by atoms with van der Waals surface area (Å²) in [5.41, 5.74) is 6.09. The molecule has 0 aliphatic heterocycles. The molecule has 0 aromatic heterocycles. The Morgan fingerprint density at radius 3 is 2.46 bits per heavy atom. The highest BCUT2D eigenvalue weighted by Gasteiger charge is 2.31. The zero-order valence-electron chi connectivity index (χ0n) is 14.1. The molecule has 2 rings (SSSR count). The normalized spacial score (nSPS) is 12.5. The second-order valence-electron chi connectivity index (χ2n) is 5.65. The molecule has 1 unspecified atom stereocenters. The van der Waals surface area contributed by atoms with Gasteiger partial charge in [0.25, 0.3) is 0 Å². The molecule has 1 amide bonds. The minimum Gasteiger partial charge on any atom is -0.383 e. The van der Waals surface area contributed by atoms with Gasteiger partial charge in [-0.2, -0.15) is 13.2 Å². The van der Waals surface area contributed by atoms with Crippen molar-refractivity contribution in [2.45, 2.75) is 18.8 Å². The molecule has 0 spiro atoms. The van der Waals surface area contributed by atoms with Crippen LogP contribution in [0.3, 0.4) is 0 Å². The van der Waals surface area contributed by atoms with Crippen LogP contribution in [-0.4, -0.2) is 25.7 Å². The van der Waals surface area contributed by atoms with Gasteiger partial charge in [0.15, 0.2) is 0 Å². The van der Waals surface area contributed by atoms with E-state index in [1.54, 1.807) is 0 Å². The fraction of sp³-hybridized carbons (Fsp3) is 0.278. The van der Waals surface area contributed by atoms with Crippen LogP contribution < -0.4 is 16.4 Å². The molecule has 0 saturated carbocycles. The number of anilines is 2. The molecule has 140 valence electrons. The maximum absolute atomic E-state index is 13.0. The number of carbonyl (C=O) groups excluding carboxylic acids is 1. The lowest BCUT2D eigenvalue weighted by atomic mass is 10.1. The monoisotopic (exact) mass is 367 g/mol. The Balaban J connectivity index is 2.23. The van der Waals surface area contributed by atoms with Gasteiger partial charge in [0, 0.05) is 13.7 Å².